The number of rotatable bonds is 8. The Bertz CT molecular complexity index is 1430. The number of para-hydroxylation sites is 1. The van der Waals surface area contributed by atoms with Crippen LogP contribution in [0.15, 0.2) is 67.0 Å². The third-order valence-electron chi connectivity index (χ3n) is 7.19. The lowest BCUT2D eigenvalue weighted by Gasteiger charge is -2.34. The average molecular weight is 497 g/mol. The van der Waals surface area contributed by atoms with Crippen LogP contribution < -0.4 is 10.2 Å². The van der Waals surface area contributed by atoms with Crippen LogP contribution in [0.2, 0.25) is 0 Å². The van der Waals surface area contributed by atoms with E-state index < -0.39 is 11.6 Å². The van der Waals surface area contributed by atoms with Gasteiger partial charge in [-0.3, -0.25) is 19.5 Å². The Morgan fingerprint density at radius 1 is 1.08 bits per heavy atom. The number of fused-ring (bicyclic) bond motifs is 2. The molecular weight excluding hydrogens is 464 g/mol. The maximum atomic E-state index is 14.1. The van der Waals surface area contributed by atoms with Crippen molar-refractivity contribution in [3.05, 3.63) is 83.7 Å². The lowest BCUT2D eigenvalue weighted by Crippen LogP contribution is -2.51. The molecule has 1 atom stereocenters. The highest BCUT2D eigenvalue weighted by Crippen LogP contribution is 2.33. The molecule has 190 valence electrons. The summed E-state index contributed by atoms with van der Waals surface area (Å²) >= 11 is 0. The second kappa shape index (κ2) is 10.1. The lowest BCUT2D eigenvalue weighted by molar-refractivity contribution is -0.128. The van der Waals surface area contributed by atoms with Gasteiger partial charge in [-0.15, -0.1) is 5.10 Å². The third-order valence-corrected chi connectivity index (χ3v) is 7.19. The first kappa shape index (κ1) is 24.6. The lowest BCUT2D eigenvalue weighted by atomic mass is 9.98. The molecule has 0 aliphatic heterocycles. The number of anilines is 1. The highest BCUT2D eigenvalue weighted by molar-refractivity contribution is 6.01. The van der Waals surface area contributed by atoms with E-state index >= 15 is 0 Å². The number of carbonyl (C=O) groups is 2. The molecule has 8 nitrogen and oxygen atoms in total. The Labute approximate surface area is 216 Å². The van der Waals surface area contributed by atoms with Crippen molar-refractivity contribution in [3.8, 4) is 0 Å². The summed E-state index contributed by atoms with van der Waals surface area (Å²) < 4.78 is 1.59. The predicted octanol–water partition coefficient (Wildman–Crippen LogP) is 4.39. The van der Waals surface area contributed by atoms with Crippen molar-refractivity contribution in [2.24, 2.45) is 0 Å². The second-order valence-corrected chi connectivity index (χ2v) is 10.2. The van der Waals surface area contributed by atoms with Gasteiger partial charge in [-0.2, -0.15) is 0 Å². The molecule has 0 radical (unpaired) electrons. The van der Waals surface area contributed by atoms with Crippen molar-refractivity contribution in [3.63, 3.8) is 0 Å². The van der Waals surface area contributed by atoms with E-state index in [2.05, 4.69) is 32.7 Å². The molecule has 2 aromatic heterocycles. The van der Waals surface area contributed by atoms with Gasteiger partial charge in [-0.1, -0.05) is 36.4 Å². The van der Waals surface area contributed by atoms with E-state index in [1.165, 1.54) is 11.1 Å². The number of nitrogens with one attached hydrogen (secondary N) is 1. The molecule has 0 bridgehead atoms. The Hall–Kier alpha value is -4.07. The summed E-state index contributed by atoms with van der Waals surface area (Å²) in [6.07, 6.45) is 7.15. The number of carbonyl (C=O) groups excluding carboxylic acids is 2. The van der Waals surface area contributed by atoms with Gasteiger partial charge >= 0.3 is 0 Å². The van der Waals surface area contributed by atoms with Gasteiger partial charge in [0.05, 0.1) is 5.52 Å². The standard InChI is InChI=1S/C29H32N6O2/c1-4-29(2,3)31-28(37)27(22-11-8-16-30-18-22)35(23-15-14-20-9-7-10-21(20)17-23)26(36)19-34-25-13-6-5-12-24(25)32-33-34/h5-6,8,11-18,27H,4,7,9-10,19H2,1-3H3,(H,31,37)/t27-/m1/s1. The molecule has 0 spiro atoms. The monoisotopic (exact) mass is 496 g/mol. The Morgan fingerprint density at radius 3 is 2.68 bits per heavy atom. The smallest absolute Gasteiger partial charge is 0.249 e. The second-order valence-electron chi connectivity index (χ2n) is 10.2. The summed E-state index contributed by atoms with van der Waals surface area (Å²) in [6.45, 7) is 5.93. The van der Waals surface area contributed by atoms with Gasteiger partial charge in [0, 0.05) is 29.2 Å². The van der Waals surface area contributed by atoms with Gasteiger partial charge < -0.3 is 5.32 Å². The maximum Gasteiger partial charge on any atom is 0.249 e. The number of nitrogens with zero attached hydrogens (tertiary/aromatic N) is 5. The fourth-order valence-corrected chi connectivity index (χ4v) is 4.83. The van der Waals surface area contributed by atoms with Gasteiger partial charge in [0.1, 0.15) is 18.1 Å². The van der Waals surface area contributed by atoms with Crippen LogP contribution in [0.5, 0.6) is 0 Å². The van der Waals surface area contributed by atoms with Crippen molar-refractivity contribution in [1.82, 2.24) is 25.3 Å². The molecule has 0 saturated carbocycles. The number of pyridine rings is 1. The fourth-order valence-electron chi connectivity index (χ4n) is 4.83. The average Bonchev–Trinajstić information content (AvgIpc) is 3.54. The zero-order chi connectivity index (χ0) is 26.0. The Balaban J connectivity index is 1.60. The first-order valence-electron chi connectivity index (χ1n) is 12.8. The molecule has 0 fully saturated rings. The van der Waals surface area contributed by atoms with Gasteiger partial charge in [0.25, 0.3) is 0 Å². The predicted molar refractivity (Wildman–Crippen MR) is 143 cm³/mol. The van der Waals surface area contributed by atoms with Crippen LogP contribution in [0, 0.1) is 0 Å². The topological polar surface area (TPSA) is 93.0 Å². The van der Waals surface area contributed by atoms with Crippen molar-refractivity contribution >= 4 is 28.5 Å². The first-order chi connectivity index (χ1) is 17.9. The molecule has 2 amide bonds. The Kier molecular flexibility index (Phi) is 6.74. The highest BCUT2D eigenvalue weighted by atomic mass is 16.2. The molecule has 2 heterocycles. The first-order valence-corrected chi connectivity index (χ1v) is 12.8. The molecule has 0 saturated heterocycles. The summed E-state index contributed by atoms with van der Waals surface area (Å²) in [6, 6.07) is 16.3. The van der Waals surface area contributed by atoms with E-state index in [1.54, 1.807) is 28.0 Å². The minimum Gasteiger partial charge on any atom is -0.349 e. The maximum absolute atomic E-state index is 14.1. The van der Waals surface area contributed by atoms with Crippen molar-refractivity contribution in [2.45, 2.75) is 64.6 Å². The summed E-state index contributed by atoms with van der Waals surface area (Å²) in [5.74, 6) is -0.510. The molecule has 1 aliphatic rings. The van der Waals surface area contributed by atoms with Crippen LogP contribution in [0.25, 0.3) is 11.0 Å². The van der Waals surface area contributed by atoms with Crippen molar-refractivity contribution in [2.75, 3.05) is 4.90 Å². The van der Waals surface area contributed by atoms with E-state index in [4.69, 9.17) is 0 Å². The normalized spacial score (nSPS) is 13.8. The van der Waals surface area contributed by atoms with E-state index in [1.807, 2.05) is 57.2 Å². The van der Waals surface area contributed by atoms with Gasteiger partial charge in [-0.25, -0.2) is 4.68 Å². The van der Waals surface area contributed by atoms with Gasteiger partial charge in [-0.05, 0) is 81.0 Å². The summed E-state index contributed by atoms with van der Waals surface area (Å²) in [4.78, 5) is 33.9. The zero-order valence-electron chi connectivity index (χ0n) is 21.5. The van der Waals surface area contributed by atoms with Crippen LogP contribution in [0.1, 0.15) is 56.3 Å². The molecule has 5 rings (SSSR count). The largest absolute Gasteiger partial charge is 0.349 e. The zero-order valence-corrected chi connectivity index (χ0v) is 21.5. The van der Waals surface area contributed by atoms with E-state index in [0.29, 0.717) is 16.8 Å². The molecular formula is C29H32N6O2. The number of hydrogen-bond donors (Lipinski definition) is 1. The van der Waals surface area contributed by atoms with Crippen LogP contribution in [0.4, 0.5) is 5.69 Å². The molecule has 1 aliphatic carbocycles. The fraction of sp³-hybridized carbons (Fsp3) is 0.345. The van der Waals surface area contributed by atoms with E-state index in [-0.39, 0.29) is 18.4 Å². The van der Waals surface area contributed by atoms with Crippen LogP contribution in [-0.4, -0.2) is 37.3 Å². The molecule has 1 N–H and O–H groups in total. The van der Waals surface area contributed by atoms with Crippen LogP contribution in [0.3, 0.4) is 0 Å². The van der Waals surface area contributed by atoms with E-state index in [0.717, 1.165) is 31.2 Å². The molecule has 37 heavy (non-hydrogen) atoms. The SMILES string of the molecule is CCC(C)(C)NC(=O)[C@@H](c1cccnc1)N(C(=O)Cn1nnc2ccccc21)c1ccc2c(c1)CCC2. The van der Waals surface area contributed by atoms with Gasteiger partial charge in [0.15, 0.2) is 0 Å². The molecule has 2 aromatic carbocycles. The molecule has 8 heteroatoms. The minimum absolute atomic E-state index is 0.0567. The highest BCUT2D eigenvalue weighted by Gasteiger charge is 2.36. The number of amides is 2. The molecule has 4 aromatic rings. The Morgan fingerprint density at radius 2 is 1.89 bits per heavy atom. The molecule has 0 unspecified atom stereocenters. The van der Waals surface area contributed by atoms with Gasteiger partial charge in [0.2, 0.25) is 11.8 Å². The van der Waals surface area contributed by atoms with Crippen LogP contribution >= 0.6 is 0 Å². The third kappa shape index (κ3) is 5.09. The number of hydrogen-bond acceptors (Lipinski definition) is 5. The quantitative estimate of drug-likeness (QED) is 0.390. The summed E-state index contributed by atoms with van der Waals surface area (Å²) in [5, 5.41) is 11.6. The summed E-state index contributed by atoms with van der Waals surface area (Å²) in [7, 11) is 0. The number of aryl methyl sites for hydroxylation is 2. The van der Waals surface area contributed by atoms with Crippen molar-refractivity contribution in [1.29, 1.82) is 0 Å². The van der Waals surface area contributed by atoms with Crippen LogP contribution in [-0.2, 0) is 29.0 Å². The van der Waals surface area contributed by atoms with Crippen molar-refractivity contribution < 1.29 is 9.59 Å². The number of aromatic nitrogens is 4. The minimum atomic E-state index is -0.902. The number of benzene rings is 2. The van der Waals surface area contributed by atoms with E-state index in [9.17, 15) is 9.59 Å². The summed E-state index contributed by atoms with van der Waals surface area (Å²) in [5.41, 5.74) is 4.89.